The van der Waals surface area contributed by atoms with Crippen molar-refractivity contribution >= 4 is 11.8 Å². The van der Waals surface area contributed by atoms with Crippen molar-refractivity contribution in [3.8, 4) is 0 Å². The minimum atomic E-state index is -0.00293. The molecule has 31 heavy (non-hydrogen) atoms. The lowest BCUT2D eigenvalue weighted by Crippen LogP contribution is -2.40. The van der Waals surface area contributed by atoms with E-state index in [0.29, 0.717) is 12.8 Å². The average molecular weight is 434 g/mol. The van der Waals surface area contributed by atoms with Gasteiger partial charge in [-0.25, -0.2) is 0 Å². The molecule has 0 N–H and O–H groups in total. The molecule has 0 spiro atoms. The number of carbonyl (C=O) groups is 2. The van der Waals surface area contributed by atoms with Crippen LogP contribution in [0.5, 0.6) is 0 Å². The SMILES string of the molecule is CCCCCCCCCCCCC/C=C(\C)C(CCCCCCC)N1C(=O)CCC1=O. The van der Waals surface area contributed by atoms with Crippen molar-refractivity contribution in [2.75, 3.05) is 0 Å². The summed E-state index contributed by atoms with van der Waals surface area (Å²) in [5, 5.41) is 0. The van der Waals surface area contributed by atoms with E-state index in [2.05, 4.69) is 26.8 Å². The Morgan fingerprint density at radius 3 is 1.61 bits per heavy atom. The Labute approximate surface area is 193 Å². The molecule has 0 radical (unpaired) electrons. The van der Waals surface area contributed by atoms with Gasteiger partial charge in [0.1, 0.15) is 0 Å². The van der Waals surface area contributed by atoms with Crippen LogP contribution >= 0.6 is 0 Å². The van der Waals surface area contributed by atoms with Crippen LogP contribution in [0.2, 0.25) is 0 Å². The number of imide groups is 1. The summed E-state index contributed by atoms with van der Waals surface area (Å²) in [4.78, 5) is 26.2. The number of likely N-dealkylation sites (tertiary alicyclic amines) is 1. The predicted molar refractivity (Wildman–Crippen MR) is 133 cm³/mol. The van der Waals surface area contributed by atoms with E-state index in [9.17, 15) is 9.59 Å². The zero-order valence-electron chi connectivity index (χ0n) is 21.1. The molecule has 0 bridgehead atoms. The van der Waals surface area contributed by atoms with Gasteiger partial charge in [-0.05, 0) is 26.2 Å². The number of allylic oxidation sites excluding steroid dienone is 1. The topological polar surface area (TPSA) is 37.4 Å². The van der Waals surface area contributed by atoms with Crippen LogP contribution in [0.3, 0.4) is 0 Å². The highest BCUT2D eigenvalue weighted by atomic mass is 16.2. The van der Waals surface area contributed by atoms with E-state index < -0.39 is 0 Å². The highest BCUT2D eigenvalue weighted by Gasteiger charge is 2.35. The Morgan fingerprint density at radius 1 is 0.710 bits per heavy atom. The van der Waals surface area contributed by atoms with E-state index in [0.717, 1.165) is 19.3 Å². The zero-order valence-corrected chi connectivity index (χ0v) is 21.1. The predicted octanol–water partition coefficient (Wildman–Crippen LogP) is 8.51. The highest BCUT2D eigenvalue weighted by molar-refractivity contribution is 6.02. The molecule has 1 fully saturated rings. The summed E-state index contributed by atoms with van der Waals surface area (Å²) in [7, 11) is 0. The Bertz CT molecular complexity index is 495. The summed E-state index contributed by atoms with van der Waals surface area (Å²) >= 11 is 0. The molecule has 0 saturated carbocycles. The third kappa shape index (κ3) is 12.5. The molecule has 1 atom stereocenters. The van der Waals surface area contributed by atoms with E-state index in [1.807, 2.05) is 0 Å². The quantitative estimate of drug-likeness (QED) is 0.110. The summed E-state index contributed by atoms with van der Waals surface area (Å²) in [6, 6.07) is -0.00293. The van der Waals surface area contributed by atoms with Crippen LogP contribution in [-0.2, 0) is 9.59 Å². The Hall–Kier alpha value is -1.12. The van der Waals surface area contributed by atoms with Crippen LogP contribution in [0.15, 0.2) is 11.6 Å². The maximum absolute atomic E-state index is 12.3. The van der Waals surface area contributed by atoms with Crippen molar-refractivity contribution in [3.05, 3.63) is 11.6 Å². The zero-order chi connectivity index (χ0) is 22.7. The van der Waals surface area contributed by atoms with E-state index in [-0.39, 0.29) is 17.9 Å². The lowest BCUT2D eigenvalue weighted by Gasteiger charge is -2.27. The second-order valence-corrected chi connectivity index (χ2v) is 9.65. The first kappa shape index (κ1) is 27.9. The van der Waals surface area contributed by atoms with Gasteiger partial charge in [-0.3, -0.25) is 14.5 Å². The molecule has 1 aliphatic rings. The highest BCUT2D eigenvalue weighted by Crippen LogP contribution is 2.25. The molecule has 3 nitrogen and oxygen atoms in total. The Balaban J connectivity index is 2.29. The first-order chi connectivity index (χ1) is 15.1. The third-order valence-corrected chi connectivity index (χ3v) is 6.78. The molecule has 0 aromatic heterocycles. The summed E-state index contributed by atoms with van der Waals surface area (Å²) in [6.07, 6.45) is 26.2. The number of hydrogen-bond donors (Lipinski definition) is 0. The monoisotopic (exact) mass is 433 g/mol. The van der Waals surface area contributed by atoms with Gasteiger partial charge in [0.25, 0.3) is 0 Å². The average Bonchev–Trinajstić information content (AvgIpc) is 3.09. The first-order valence-corrected chi connectivity index (χ1v) is 13.6. The second kappa shape index (κ2) is 18.5. The molecule has 1 unspecified atom stereocenters. The minimum absolute atomic E-state index is 0.00293. The van der Waals surface area contributed by atoms with Gasteiger partial charge in [0, 0.05) is 12.8 Å². The molecule has 3 heteroatoms. The molecule has 1 saturated heterocycles. The second-order valence-electron chi connectivity index (χ2n) is 9.65. The lowest BCUT2D eigenvalue weighted by atomic mass is 9.97. The lowest BCUT2D eigenvalue weighted by molar-refractivity contribution is -0.140. The fourth-order valence-electron chi connectivity index (χ4n) is 4.72. The summed E-state index contributed by atoms with van der Waals surface area (Å²) in [6.45, 7) is 6.64. The van der Waals surface area contributed by atoms with E-state index in [1.165, 1.54) is 102 Å². The molecular formula is C28H51NO2. The third-order valence-electron chi connectivity index (χ3n) is 6.78. The Kier molecular flexibility index (Phi) is 16.6. The number of hydrogen-bond acceptors (Lipinski definition) is 2. The number of amides is 2. The van der Waals surface area contributed by atoms with Crippen LogP contribution in [-0.4, -0.2) is 22.8 Å². The van der Waals surface area contributed by atoms with Crippen LogP contribution in [0, 0.1) is 0 Å². The van der Waals surface area contributed by atoms with Crippen LogP contribution in [0.4, 0.5) is 0 Å². The van der Waals surface area contributed by atoms with Crippen LogP contribution in [0.1, 0.15) is 149 Å². The maximum atomic E-state index is 12.3. The van der Waals surface area contributed by atoms with Crippen LogP contribution in [0.25, 0.3) is 0 Å². The molecule has 180 valence electrons. The van der Waals surface area contributed by atoms with Crippen molar-refractivity contribution in [2.24, 2.45) is 0 Å². The van der Waals surface area contributed by atoms with Gasteiger partial charge in [0.15, 0.2) is 0 Å². The molecule has 0 aromatic rings. The summed E-state index contributed by atoms with van der Waals surface area (Å²) in [5.74, 6) is 0.0667. The number of nitrogens with zero attached hydrogens (tertiary/aromatic N) is 1. The summed E-state index contributed by atoms with van der Waals surface area (Å²) < 4.78 is 0. The molecule has 1 rings (SSSR count). The van der Waals surface area contributed by atoms with Gasteiger partial charge >= 0.3 is 0 Å². The smallest absolute Gasteiger partial charge is 0.230 e. The van der Waals surface area contributed by atoms with Gasteiger partial charge in [0.2, 0.25) is 11.8 Å². The molecular weight excluding hydrogens is 382 g/mol. The normalized spacial score (nSPS) is 15.8. The fourth-order valence-corrected chi connectivity index (χ4v) is 4.72. The molecule has 2 amide bonds. The van der Waals surface area contributed by atoms with E-state index >= 15 is 0 Å². The van der Waals surface area contributed by atoms with Gasteiger partial charge < -0.3 is 0 Å². The van der Waals surface area contributed by atoms with Gasteiger partial charge in [0.05, 0.1) is 6.04 Å². The minimum Gasteiger partial charge on any atom is -0.275 e. The van der Waals surface area contributed by atoms with Crippen molar-refractivity contribution in [1.82, 2.24) is 4.90 Å². The van der Waals surface area contributed by atoms with E-state index in [1.54, 1.807) is 4.90 Å². The number of carbonyl (C=O) groups excluding carboxylic acids is 2. The number of unbranched alkanes of at least 4 members (excludes halogenated alkanes) is 15. The Morgan fingerprint density at radius 2 is 1.13 bits per heavy atom. The van der Waals surface area contributed by atoms with E-state index in [4.69, 9.17) is 0 Å². The first-order valence-electron chi connectivity index (χ1n) is 13.6. The molecule has 0 aromatic carbocycles. The molecule has 1 aliphatic heterocycles. The van der Waals surface area contributed by atoms with Gasteiger partial charge in [-0.1, -0.05) is 122 Å². The standard InChI is InChI=1S/C28H51NO2/c1-4-6-8-10-11-12-13-14-15-16-18-19-21-25(3)26(22-20-17-9-7-5-2)29-27(30)23-24-28(29)31/h21,26H,4-20,22-24H2,1-3H3/b25-21+. The summed E-state index contributed by atoms with van der Waals surface area (Å²) in [5.41, 5.74) is 1.23. The van der Waals surface area contributed by atoms with Crippen molar-refractivity contribution in [2.45, 2.75) is 155 Å². The van der Waals surface area contributed by atoms with Gasteiger partial charge in [-0.15, -0.1) is 0 Å². The molecule has 1 heterocycles. The van der Waals surface area contributed by atoms with Crippen molar-refractivity contribution in [3.63, 3.8) is 0 Å². The number of rotatable bonds is 20. The van der Waals surface area contributed by atoms with Crippen molar-refractivity contribution < 1.29 is 9.59 Å². The van der Waals surface area contributed by atoms with Crippen molar-refractivity contribution in [1.29, 1.82) is 0 Å². The van der Waals surface area contributed by atoms with Crippen LogP contribution < -0.4 is 0 Å². The molecule has 0 aliphatic carbocycles. The maximum Gasteiger partial charge on any atom is 0.230 e. The van der Waals surface area contributed by atoms with Gasteiger partial charge in [-0.2, -0.15) is 0 Å². The fraction of sp³-hybridized carbons (Fsp3) is 0.857. The largest absolute Gasteiger partial charge is 0.275 e.